The van der Waals surface area contributed by atoms with Gasteiger partial charge in [0.05, 0.1) is 10.5 Å². The molecule has 5 rings (SSSR count). The zero-order valence-electron chi connectivity index (χ0n) is 22.3. The van der Waals surface area contributed by atoms with Crippen LogP contribution in [0.2, 0.25) is 0 Å². The van der Waals surface area contributed by atoms with Crippen LogP contribution in [0.3, 0.4) is 0 Å². The Bertz CT molecular complexity index is 1410. The van der Waals surface area contributed by atoms with Gasteiger partial charge in [0.15, 0.2) is 0 Å². The van der Waals surface area contributed by atoms with Crippen molar-refractivity contribution < 1.29 is 17.9 Å². The van der Waals surface area contributed by atoms with Crippen molar-refractivity contribution in [2.75, 3.05) is 36.8 Å². The van der Waals surface area contributed by atoms with Crippen LogP contribution in [0.15, 0.2) is 59.6 Å². The topological polar surface area (TPSA) is 111 Å². The molecule has 1 aromatic heterocycles. The largest absolute Gasteiger partial charge is 0.388 e. The fraction of sp³-hybridized carbons (Fsp3) is 0.429. The van der Waals surface area contributed by atoms with Gasteiger partial charge in [0, 0.05) is 43.2 Å². The number of β-amino-alcohol motifs (C(OH)–C–C–N with tert-alkyl or cyclic N) is 1. The third-order valence-electron chi connectivity index (χ3n) is 7.68. The van der Waals surface area contributed by atoms with Gasteiger partial charge in [-0.25, -0.2) is 17.8 Å². The minimum Gasteiger partial charge on any atom is -0.388 e. The number of sulfonamides is 1. The number of aliphatic hydroxyl groups is 1. The molecule has 9 nitrogen and oxygen atoms in total. The highest BCUT2D eigenvalue weighted by atomic mass is 32.2. The number of aryl methyl sites for hydroxylation is 1. The molecule has 0 saturated carbocycles. The molecule has 3 N–H and O–H groups in total. The number of aromatic nitrogens is 2. The molecule has 0 spiro atoms. The maximum Gasteiger partial charge on any atom is 0.243 e. The van der Waals surface area contributed by atoms with Crippen LogP contribution in [0.5, 0.6) is 0 Å². The van der Waals surface area contributed by atoms with Crippen LogP contribution in [0.25, 0.3) is 0 Å². The Balaban J connectivity index is 1.20. The summed E-state index contributed by atoms with van der Waals surface area (Å²) in [6, 6.07) is 13.4. The summed E-state index contributed by atoms with van der Waals surface area (Å²) in [6.07, 6.45) is 4.73. The highest BCUT2D eigenvalue weighted by molar-refractivity contribution is 7.89. The van der Waals surface area contributed by atoms with Crippen LogP contribution in [0, 0.1) is 12.7 Å². The summed E-state index contributed by atoms with van der Waals surface area (Å²) in [5.41, 5.74) is 1.02. The number of nitrogens with zero attached hydrogens (tertiary/aromatic N) is 4. The molecule has 1 atom stereocenters. The van der Waals surface area contributed by atoms with Crippen LogP contribution < -0.4 is 10.6 Å². The van der Waals surface area contributed by atoms with Gasteiger partial charge in [-0.15, -0.1) is 0 Å². The lowest BCUT2D eigenvalue weighted by Crippen LogP contribution is -2.52. The van der Waals surface area contributed by atoms with E-state index in [4.69, 9.17) is 0 Å². The van der Waals surface area contributed by atoms with E-state index in [2.05, 4.69) is 32.4 Å². The maximum atomic E-state index is 13.5. The zero-order chi connectivity index (χ0) is 27.6. The molecular formula is C28H35FN6O3S. The number of rotatable bonds is 8. The van der Waals surface area contributed by atoms with Gasteiger partial charge in [0.2, 0.25) is 16.0 Å². The molecule has 0 amide bonds. The van der Waals surface area contributed by atoms with Crippen LogP contribution >= 0.6 is 0 Å². The predicted molar refractivity (Wildman–Crippen MR) is 149 cm³/mol. The van der Waals surface area contributed by atoms with Gasteiger partial charge in [-0.05, 0) is 100 Å². The lowest BCUT2D eigenvalue weighted by molar-refractivity contribution is -0.0342. The van der Waals surface area contributed by atoms with E-state index in [1.54, 1.807) is 55.6 Å². The monoisotopic (exact) mass is 554 g/mol. The summed E-state index contributed by atoms with van der Waals surface area (Å²) in [7, 11) is -3.67. The predicted octanol–water partition coefficient (Wildman–Crippen LogP) is 4.41. The van der Waals surface area contributed by atoms with Crippen molar-refractivity contribution in [3.8, 4) is 0 Å². The number of nitrogens with one attached hydrogen (secondary N) is 2. The molecule has 0 bridgehead atoms. The van der Waals surface area contributed by atoms with Gasteiger partial charge in [0.25, 0.3) is 0 Å². The Labute approximate surface area is 229 Å². The molecule has 3 aromatic rings. The summed E-state index contributed by atoms with van der Waals surface area (Å²) >= 11 is 0. The molecule has 208 valence electrons. The van der Waals surface area contributed by atoms with Gasteiger partial charge < -0.3 is 15.7 Å². The van der Waals surface area contributed by atoms with E-state index in [1.807, 2.05) is 0 Å². The number of hydrogen-bond donors (Lipinski definition) is 3. The van der Waals surface area contributed by atoms with Crippen molar-refractivity contribution in [1.82, 2.24) is 19.2 Å². The molecule has 2 aliphatic rings. The van der Waals surface area contributed by atoms with E-state index in [0.29, 0.717) is 67.2 Å². The van der Waals surface area contributed by atoms with Crippen molar-refractivity contribution in [2.45, 2.75) is 56.1 Å². The van der Waals surface area contributed by atoms with E-state index in [-0.39, 0.29) is 10.7 Å². The average molecular weight is 555 g/mol. The molecule has 2 fully saturated rings. The first-order chi connectivity index (χ1) is 18.6. The summed E-state index contributed by atoms with van der Waals surface area (Å²) in [5, 5.41) is 17.3. The molecule has 0 aliphatic carbocycles. The Morgan fingerprint density at radius 1 is 1.05 bits per heavy atom. The number of anilines is 4. The van der Waals surface area contributed by atoms with Crippen LogP contribution in [-0.4, -0.2) is 70.5 Å². The first-order valence-corrected chi connectivity index (χ1v) is 14.8. The highest BCUT2D eigenvalue weighted by Gasteiger charge is 2.39. The second-order valence-electron chi connectivity index (χ2n) is 10.6. The van der Waals surface area contributed by atoms with Crippen LogP contribution in [0.1, 0.15) is 38.2 Å². The van der Waals surface area contributed by atoms with Crippen LogP contribution in [0.4, 0.5) is 27.5 Å². The van der Waals surface area contributed by atoms with Crippen LogP contribution in [-0.2, 0) is 10.0 Å². The fourth-order valence-corrected chi connectivity index (χ4v) is 6.70. The van der Waals surface area contributed by atoms with Gasteiger partial charge in [-0.1, -0.05) is 0 Å². The van der Waals surface area contributed by atoms with E-state index in [0.717, 1.165) is 19.4 Å². The quantitative estimate of drug-likeness (QED) is 0.376. The third-order valence-corrected chi connectivity index (χ3v) is 9.59. The molecule has 2 aliphatic heterocycles. The Morgan fingerprint density at radius 2 is 1.77 bits per heavy atom. The van der Waals surface area contributed by atoms with E-state index in [9.17, 15) is 17.9 Å². The molecule has 0 radical (unpaired) electrons. The number of piperidine rings is 1. The normalized spacial score (nSPS) is 20.2. The highest BCUT2D eigenvalue weighted by Crippen LogP contribution is 2.30. The minimum absolute atomic E-state index is 0.203. The summed E-state index contributed by atoms with van der Waals surface area (Å²) in [5.74, 6) is 0.587. The van der Waals surface area contributed by atoms with Crippen molar-refractivity contribution in [3.63, 3.8) is 0 Å². The molecule has 1 unspecified atom stereocenters. The first kappa shape index (κ1) is 27.4. The molecule has 39 heavy (non-hydrogen) atoms. The number of benzene rings is 2. The van der Waals surface area contributed by atoms with Gasteiger partial charge in [0.1, 0.15) is 11.6 Å². The smallest absolute Gasteiger partial charge is 0.243 e. The third kappa shape index (κ3) is 6.38. The molecular weight excluding hydrogens is 519 g/mol. The lowest BCUT2D eigenvalue weighted by atomic mass is 9.91. The van der Waals surface area contributed by atoms with Gasteiger partial charge in [-0.2, -0.15) is 9.29 Å². The standard InChI is InChI=1S/C28H35FN6O3S/c1-20-18-23(7-10-25(20)29)31-26-11-14-30-27(33-26)32-22-5-8-24(9-6-22)39(37,38)35-16-12-28(36,13-17-35)19-34-15-3-4-21(34)2/h5-11,14,18,21,36H,3-4,12-13,15-17,19H2,1-2H3,(H2,30,31,32,33). The second kappa shape index (κ2) is 11.2. The SMILES string of the molecule is Cc1cc(Nc2ccnc(Nc3ccc(S(=O)(=O)N4CCC(O)(CN5CCCC5C)CC4)cc3)n2)ccc1F. The van der Waals surface area contributed by atoms with Crippen molar-refractivity contribution in [3.05, 3.63) is 66.1 Å². The summed E-state index contributed by atoms with van der Waals surface area (Å²) in [4.78, 5) is 11.2. The van der Waals surface area contributed by atoms with Crippen molar-refractivity contribution in [2.24, 2.45) is 0 Å². The fourth-order valence-electron chi connectivity index (χ4n) is 5.25. The zero-order valence-corrected chi connectivity index (χ0v) is 23.1. The summed E-state index contributed by atoms with van der Waals surface area (Å²) in [6.45, 7) is 6.06. The second-order valence-corrected chi connectivity index (χ2v) is 12.5. The molecule has 2 saturated heterocycles. The number of likely N-dealkylation sites (tertiary alicyclic amines) is 1. The first-order valence-electron chi connectivity index (χ1n) is 13.3. The molecule has 3 heterocycles. The van der Waals surface area contributed by atoms with Gasteiger partial charge >= 0.3 is 0 Å². The summed E-state index contributed by atoms with van der Waals surface area (Å²) < 4.78 is 41.6. The minimum atomic E-state index is -3.67. The number of halogens is 1. The average Bonchev–Trinajstić information content (AvgIpc) is 3.30. The van der Waals surface area contributed by atoms with Crippen molar-refractivity contribution in [1.29, 1.82) is 0 Å². The maximum absolute atomic E-state index is 13.5. The molecule has 2 aromatic carbocycles. The lowest BCUT2D eigenvalue weighted by Gasteiger charge is -2.40. The number of hydrogen-bond acceptors (Lipinski definition) is 8. The Hall–Kier alpha value is -3.12. The Morgan fingerprint density at radius 3 is 2.44 bits per heavy atom. The van der Waals surface area contributed by atoms with E-state index in [1.165, 1.54) is 10.4 Å². The molecule has 11 heteroatoms. The van der Waals surface area contributed by atoms with E-state index < -0.39 is 15.6 Å². The van der Waals surface area contributed by atoms with Crippen molar-refractivity contribution >= 4 is 33.2 Å². The Kier molecular flexibility index (Phi) is 7.86. The van der Waals surface area contributed by atoms with E-state index >= 15 is 0 Å². The van der Waals surface area contributed by atoms with Gasteiger partial charge in [-0.3, -0.25) is 4.90 Å².